The van der Waals surface area contributed by atoms with Crippen LogP contribution < -0.4 is 10.8 Å². The SMILES string of the molecule is CC(C)(C)OC(=O)NC1(c2ccc(B3OC(C)(C)C(C)(C)O3)cc2F)CCC1. The molecule has 1 aliphatic heterocycles. The Bertz CT molecular complexity index is 752. The Morgan fingerprint density at radius 2 is 1.71 bits per heavy atom. The number of ether oxygens (including phenoxy) is 1. The molecule has 1 N–H and O–H groups in total. The summed E-state index contributed by atoms with van der Waals surface area (Å²) in [7, 11) is -0.621. The zero-order valence-corrected chi connectivity index (χ0v) is 17.9. The maximum Gasteiger partial charge on any atom is 0.494 e. The average Bonchev–Trinajstić information content (AvgIpc) is 2.70. The third-order valence-corrected chi connectivity index (χ3v) is 5.98. The minimum Gasteiger partial charge on any atom is -0.444 e. The number of nitrogens with one attached hydrogen (secondary N) is 1. The van der Waals surface area contributed by atoms with E-state index < -0.39 is 35.6 Å². The molecule has 2 fully saturated rings. The van der Waals surface area contributed by atoms with E-state index in [2.05, 4.69) is 5.32 Å². The molecule has 5 nitrogen and oxygen atoms in total. The number of carbonyl (C=O) groups excluding carboxylic acids is 1. The minimum atomic E-state index is -0.721. The van der Waals surface area contributed by atoms with Crippen LogP contribution in [0.1, 0.15) is 73.3 Å². The van der Waals surface area contributed by atoms with Gasteiger partial charge in [0, 0.05) is 5.56 Å². The molecule has 0 spiro atoms. The summed E-state index contributed by atoms with van der Waals surface area (Å²) >= 11 is 0. The first-order valence-corrected chi connectivity index (χ1v) is 9.91. The lowest BCUT2D eigenvalue weighted by Gasteiger charge is -2.43. The number of halogens is 1. The van der Waals surface area contributed by atoms with Crippen LogP contribution in [0.4, 0.5) is 9.18 Å². The minimum absolute atomic E-state index is 0.372. The fraction of sp³-hybridized carbons (Fsp3) is 0.667. The molecule has 1 heterocycles. The predicted molar refractivity (Wildman–Crippen MR) is 107 cm³/mol. The number of rotatable bonds is 3. The van der Waals surface area contributed by atoms with Crippen LogP contribution >= 0.6 is 0 Å². The van der Waals surface area contributed by atoms with Gasteiger partial charge in [0.1, 0.15) is 11.4 Å². The summed E-state index contributed by atoms with van der Waals surface area (Å²) in [6, 6.07) is 5.00. The molecule has 154 valence electrons. The summed E-state index contributed by atoms with van der Waals surface area (Å²) in [5.74, 6) is -0.372. The highest BCUT2D eigenvalue weighted by Gasteiger charge is 2.52. The maximum atomic E-state index is 15.1. The number of benzene rings is 1. The lowest BCUT2D eigenvalue weighted by atomic mass is 9.70. The van der Waals surface area contributed by atoms with Gasteiger partial charge in [-0.3, -0.25) is 0 Å². The van der Waals surface area contributed by atoms with Gasteiger partial charge in [0.15, 0.2) is 0 Å². The molecule has 1 amide bonds. The van der Waals surface area contributed by atoms with E-state index in [9.17, 15) is 4.79 Å². The molecule has 0 aromatic heterocycles. The van der Waals surface area contributed by atoms with E-state index in [1.54, 1.807) is 26.8 Å². The molecular formula is C21H31BFNO4. The van der Waals surface area contributed by atoms with Crippen molar-refractivity contribution in [3.05, 3.63) is 29.6 Å². The Kier molecular flexibility index (Phi) is 5.08. The van der Waals surface area contributed by atoms with Crippen LogP contribution in [0.2, 0.25) is 0 Å². The second kappa shape index (κ2) is 6.73. The van der Waals surface area contributed by atoms with Crippen molar-refractivity contribution in [1.29, 1.82) is 0 Å². The highest BCUT2D eigenvalue weighted by atomic mass is 19.1. The molecule has 0 unspecified atom stereocenters. The highest BCUT2D eigenvalue weighted by Crippen LogP contribution is 2.43. The third kappa shape index (κ3) is 3.92. The van der Waals surface area contributed by atoms with E-state index >= 15 is 4.39 Å². The van der Waals surface area contributed by atoms with Crippen LogP contribution in [-0.2, 0) is 19.6 Å². The maximum absolute atomic E-state index is 15.1. The van der Waals surface area contributed by atoms with Crippen molar-refractivity contribution >= 4 is 18.7 Å². The molecule has 1 aromatic rings. The number of amides is 1. The van der Waals surface area contributed by atoms with Crippen molar-refractivity contribution < 1.29 is 23.2 Å². The van der Waals surface area contributed by atoms with Crippen molar-refractivity contribution in [2.75, 3.05) is 0 Å². The molecule has 1 aliphatic carbocycles. The van der Waals surface area contributed by atoms with Gasteiger partial charge in [-0.2, -0.15) is 0 Å². The van der Waals surface area contributed by atoms with E-state index in [4.69, 9.17) is 14.0 Å². The fourth-order valence-electron chi connectivity index (χ4n) is 3.54. The Balaban J connectivity index is 1.81. The van der Waals surface area contributed by atoms with E-state index in [1.165, 1.54) is 6.07 Å². The molecule has 1 aromatic carbocycles. The van der Waals surface area contributed by atoms with E-state index in [0.717, 1.165) is 6.42 Å². The summed E-state index contributed by atoms with van der Waals surface area (Å²) in [4.78, 5) is 12.3. The first kappa shape index (κ1) is 21.1. The first-order valence-electron chi connectivity index (χ1n) is 9.91. The number of hydrogen-bond donors (Lipinski definition) is 1. The second-order valence-corrected chi connectivity index (χ2v) is 9.89. The summed E-state index contributed by atoms with van der Waals surface area (Å²) < 4.78 is 32.5. The summed E-state index contributed by atoms with van der Waals surface area (Å²) in [5, 5.41) is 2.90. The van der Waals surface area contributed by atoms with Gasteiger partial charge in [-0.25, -0.2) is 9.18 Å². The average molecular weight is 391 g/mol. The van der Waals surface area contributed by atoms with Gasteiger partial charge in [-0.1, -0.05) is 12.1 Å². The van der Waals surface area contributed by atoms with Crippen LogP contribution in [0, 0.1) is 5.82 Å². The Hall–Kier alpha value is -1.60. The lowest BCUT2D eigenvalue weighted by Crippen LogP contribution is -2.52. The Labute approximate surface area is 167 Å². The van der Waals surface area contributed by atoms with E-state index in [0.29, 0.717) is 23.9 Å². The largest absolute Gasteiger partial charge is 0.494 e. The van der Waals surface area contributed by atoms with Gasteiger partial charge in [0.2, 0.25) is 0 Å². The summed E-state index contributed by atoms with van der Waals surface area (Å²) in [6.07, 6.45) is 1.76. The predicted octanol–water partition coefficient (Wildman–Crippen LogP) is 4.03. The quantitative estimate of drug-likeness (QED) is 0.791. The van der Waals surface area contributed by atoms with Crippen LogP contribution in [0.3, 0.4) is 0 Å². The topological polar surface area (TPSA) is 56.8 Å². The summed E-state index contributed by atoms with van der Waals surface area (Å²) in [6.45, 7) is 13.3. The van der Waals surface area contributed by atoms with Gasteiger partial charge in [0.25, 0.3) is 0 Å². The molecule has 2 aliphatic rings. The lowest BCUT2D eigenvalue weighted by molar-refractivity contribution is 0.00578. The van der Waals surface area contributed by atoms with Crippen molar-refractivity contribution in [3.63, 3.8) is 0 Å². The monoisotopic (exact) mass is 391 g/mol. The molecule has 1 saturated carbocycles. The van der Waals surface area contributed by atoms with Crippen LogP contribution in [0.15, 0.2) is 18.2 Å². The van der Waals surface area contributed by atoms with Crippen LogP contribution in [-0.4, -0.2) is 30.0 Å². The standard InChI is InChI=1S/C21H31BFNO4/c1-18(2,3)26-17(25)24-21(11-8-12-21)15-10-9-14(13-16(15)23)22-27-19(4,5)20(6,7)28-22/h9-10,13H,8,11-12H2,1-7H3,(H,24,25). The van der Waals surface area contributed by atoms with Gasteiger partial charge < -0.3 is 19.4 Å². The first-order chi connectivity index (χ1) is 12.7. The fourth-order valence-corrected chi connectivity index (χ4v) is 3.54. The van der Waals surface area contributed by atoms with Crippen molar-refractivity contribution in [2.24, 2.45) is 0 Å². The smallest absolute Gasteiger partial charge is 0.444 e. The van der Waals surface area contributed by atoms with Gasteiger partial charge in [0.05, 0.1) is 16.7 Å². The van der Waals surface area contributed by atoms with Crippen molar-refractivity contribution in [3.8, 4) is 0 Å². The third-order valence-electron chi connectivity index (χ3n) is 5.98. The molecular weight excluding hydrogens is 360 g/mol. The molecule has 7 heteroatoms. The van der Waals surface area contributed by atoms with Crippen LogP contribution in [0.5, 0.6) is 0 Å². The zero-order chi connectivity index (χ0) is 21.0. The highest BCUT2D eigenvalue weighted by molar-refractivity contribution is 6.62. The number of hydrogen-bond acceptors (Lipinski definition) is 4. The molecule has 3 rings (SSSR count). The van der Waals surface area contributed by atoms with Crippen molar-refractivity contribution in [1.82, 2.24) is 5.32 Å². The van der Waals surface area contributed by atoms with E-state index in [1.807, 2.05) is 33.8 Å². The molecule has 0 bridgehead atoms. The van der Waals surface area contributed by atoms with Gasteiger partial charge in [-0.15, -0.1) is 0 Å². The van der Waals surface area contributed by atoms with Crippen LogP contribution in [0.25, 0.3) is 0 Å². The van der Waals surface area contributed by atoms with Crippen molar-refractivity contribution in [2.45, 2.75) is 90.1 Å². The van der Waals surface area contributed by atoms with Gasteiger partial charge in [-0.05, 0) is 79.3 Å². The number of carbonyl (C=O) groups is 1. The zero-order valence-electron chi connectivity index (χ0n) is 17.9. The Morgan fingerprint density at radius 1 is 1.14 bits per heavy atom. The second-order valence-electron chi connectivity index (χ2n) is 9.89. The Morgan fingerprint density at radius 3 is 2.14 bits per heavy atom. The molecule has 28 heavy (non-hydrogen) atoms. The number of alkyl carbamates (subject to hydrolysis) is 1. The van der Waals surface area contributed by atoms with E-state index in [-0.39, 0.29) is 5.82 Å². The molecule has 1 saturated heterocycles. The molecule has 0 atom stereocenters. The normalized spacial score (nSPS) is 22.5. The van der Waals surface area contributed by atoms with Gasteiger partial charge >= 0.3 is 13.2 Å². The summed E-state index contributed by atoms with van der Waals surface area (Å²) in [5.41, 5.74) is -1.19. The molecule has 0 radical (unpaired) electrons.